The van der Waals surface area contributed by atoms with Gasteiger partial charge in [-0.05, 0) is 63.3 Å². The molecule has 33 heavy (non-hydrogen) atoms. The molecule has 0 bridgehead atoms. The van der Waals surface area contributed by atoms with E-state index in [1.54, 1.807) is 0 Å². The predicted octanol–water partition coefficient (Wildman–Crippen LogP) is 5.01. The summed E-state index contributed by atoms with van der Waals surface area (Å²) in [6.45, 7) is 1.66. The van der Waals surface area contributed by atoms with Gasteiger partial charge in [-0.1, -0.05) is 48.5 Å². The Morgan fingerprint density at radius 3 is 2.21 bits per heavy atom. The first kappa shape index (κ1) is 22.5. The molecule has 0 aromatic heterocycles. The van der Waals surface area contributed by atoms with Gasteiger partial charge in [0.1, 0.15) is 12.6 Å². The van der Waals surface area contributed by atoms with E-state index in [-0.39, 0.29) is 18.1 Å². The number of carboxylic acid groups (broad SMARTS) is 1. The number of fused-ring (bicyclic) bond motifs is 3. The number of carboxylic acids is 1. The largest absolute Gasteiger partial charge is 0.478 e. The van der Waals surface area contributed by atoms with Gasteiger partial charge in [-0.3, -0.25) is 4.79 Å². The molecular formula is C25H21BrN2O5. The van der Waals surface area contributed by atoms with Crippen LogP contribution in [0.4, 0.5) is 10.5 Å². The zero-order valence-corrected chi connectivity index (χ0v) is 19.3. The molecule has 3 aromatic carbocycles. The molecule has 1 atom stereocenters. The van der Waals surface area contributed by atoms with E-state index < -0.39 is 24.0 Å². The van der Waals surface area contributed by atoms with Crippen molar-refractivity contribution in [1.82, 2.24) is 5.32 Å². The minimum absolute atomic E-state index is 0.0330. The molecule has 3 aromatic rings. The van der Waals surface area contributed by atoms with E-state index in [2.05, 4.69) is 38.7 Å². The molecule has 2 amide bonds. The first-order valence-corrected chi connectivity index (χ1v) is 11.1. The van der Waals surface area contributed by atoms with E-state index in [0.29, 0.717) is 10.2 Å². The summed E-state index contributed by atoms with van der Waals surface area (Å²) in [4.78, 5) is 36.1. The number of anilines is 1. The Hall–Kier alpha value is -3.65. The second-order valence-corrected chi connectivity index (χ2v) is 8.53. The molecule has 0 heterocycles. The van der Waals surface area contributed by atoms with Gasteiger partial charge in [0.2, 0.25) is 5.91 Å². The fourth-order valence-corrected chi connectivity index (χ4v) is 4.22. The lowest BCUT2D eigenvalue weighted by Crippen LogP contribution is -2.42. The van der Waals surface area contributed by atoms with Gasteiger partial charge in [0.25, 0.3) is 0 Å². The number of carbonyl (C=O) groups is 3. The number of rotatable bonds is 6. The van der Waals surface area contributed by atoms with Gasteiger partial charge in [0, 0.05) is 10.4 Å². The van der Waals surface area contributed by atoms with Crippen molar-refractivity contribution in [3.63, 3.8) is 0 Å². The molecule has 0 radical (unpaired) electrons. The summed E-state index contributed by atoms with van der Waals surface area (Å²) >= 11 is 3.28. The highest BCUT2D eigenvalue weighted by Gasteiger charge is 2.29. The Kier molecular flexibility index (Phi) is 6.46. The summed E-state index contributed by atoms with van der Waals surface area (Å²) in [5.74, 6) is -1.70. The number of halogens is 1. The van der Waals surface area contributed by atoms with Gasteiger partial charge in [0.05, 0.1) is 11.3 Å². The van der Waals surface area contributed by atoms with Crippen LogP contribution in [0.25, 0.3) is 11.1 Å². The fourth-order valence-electron chi connectivity index (χ4n) is 3.88. The van der Waals surface area contributed by atoms with Crippen molar-refractivity contribution in [2.75, 3.05) is 11.9 Å². The van der Waals surface area contributed by atoms with Crippen molar-refractivity contribution < 1.29 is 24.2 Å². The third-order valence-electron chi connectivity index (χ3n) is 5.54. The first-order valence-electron chi connectivity index (χ1n) is 10.3. The highest BCUT2D eigenvalue weighted by atomic mass is 79.9. The number of nitrogens with one attached hydrogen (secondary N) is 2. The number of carbonyl (C=O) groups excluding carboxylic acids is 2. The fraction of sp³-hybridized carbons (Fsp3) is 0.160. The number of alkyl carbamates (subject to hydrolysis) is 1. The molecule has 4 rings (SSSR count). The van der Waals surface area contributed by atoms with Crippen molar-refractivity contribution in [3.8, 4) is 11.1 Å². The molecular weight excluding hydrogens is 488 g/mol. The van der Waals surface area contributed by atoms with Crippen molar-refractivity contribution in [3.05, 3.63) is 87.9 Å². The molecule has 8 heteroatoms. The van der Waals surface area contributed by atoms with Crippen LogP contribution >= 0.6 is 15.9 Å². The SMILES string of the molecule is C[C@H](NC(=O)OCC1c2ccccc2-c2ccccc21)C(=O)Nc1cc(C(=O)O)ccc1Br. The molecule has 0 spiro atoms. The molecule has 0 fully saturated rings. The quantitative estimate of drug-likeness (QED) is 0.433. The van der Waals surface area contributed by atoms with Crippen LogP contribution < -0.4 is 10.6 Å². The lowest BCUT2D eigenvalue weighted by molar-refractivity contribution is -0.117. The second kappa shape index (κ2) is 9.46. The topological polar surface area (TPSA) is 105 Å². The Labute approximate surface area is 198 Å². The van der Waals surface area contributed by atoms with Crippen molar-refractivity contribution in [1.29, 1.82) is 0 Å². The Morgan fingerprint density at radius 2 is 1.61 bits per heavy atom. The third kappa shape index (κ3) is 4.75. The van der Waals surface area contributed by atoms with Gasteiger partial charge >= 0.3 is 12.1 Å². The van der Waals surface area contributed by atoms with Crippen LogP contribution in [0.2, 0.25) is 0 Å². The Morgan fingerprint density at radius 1 is 1.00 bits per heavy atom. The Balaban J connectivity index is 1.37. The minimum Gasteiger partial charge on any atom is -0.478 e. The molecule has 7 nitrogen and oxygen atoms in total. The number of aromatic carboxylic acids is 1. The number of hydrogen-bond donors (Lipinski definition) is 3. The van der Waals surface area contributed by atoms with Gasteiger partial charge in [-0.15, -0.1) is 0 Å². The lowest BCUT2D eigenvalue weighted by Gasteiger charge is -2.17. The van der Waals surface area contributed by atoms with Crippen LogP contribution in [0.5, 0.6) is 0 Å². The zero-order chi connectivity index (χ0) is 23.5. The number of hydrogen-bond acceptors (Lipinski definition) is 4. The second-order valence-electron chi connectivity index (χ2n) is 7.68. The summed E-state index contributed by atoms with van der Waals surface area (Å²) in [5, 5.41) is 14.3. The van der Waals surface area contributed by atoms with E-state index in [9.17, 15) is 14.4 Å². The molecule has 0 saturated heterocycles. The van der Waals surface area contributed by atoms with E-state index in [1.807, 2.05) is 36.4 Å². The normalized spacial score (nSPS) is 12.9. The smallest absolute Gasteiger partial charge is 0.407 e. The third-order valence-corrected chi connectivity index (χ3v) is 6.23. The van der Waals surface area contributed by atoms with E-state index >= 15 is 0 Å². The van der Waals surface area contributed by atoms with Crippen molar-refractivity contribution in [2.45, 2.75) is 18.9 Å². The highest BCUT2D eigenvalue weighted by Crippen LogP contribution is 2.44. The number of benzene rings is 3. The maximum absolute atomic E-state index is 12.5. The van der Waals surface area contributed by atoms with E-state index in [4.69, 9.17) is 9.84 Å². The van der Waals surface area contributed by atoms with Gasteiger partial charge in [-0.25, -0.2) is 9.59 Å². The van der Waals surface area contributed by atoms with Crippen LogP contribution in [0.1, 0.15) is 34.3 Å². The molecule has 1 aliphatic carbocycles. The molecule has 0 unspecified atom stereocenters. The zero-order valence-electron chi connectivity index (χ0n) is 17.7. The minimum atomic E-state index is -1.11. The van der Waals surface area contributed by atoms with Crippen molar-refractivity contribution in [2.24, 2.45) is 0 Å². The lowest BCUT2D eigenvalue weighted by atomic mass is 9.98. The van der Waals surface area contributed by atoms with E-state index in [0.717, 1.165) is 22.3 Å². The van der Waals surface area contributed by atoms with E-state index in [1.165, 1.54) is 25.1 Å². The summed E-state index contributed by atoms with van der Waals surface area (Å²) in [6.07, 6.45) is -0.710. The summed E-state index contributed by atoms with van der Waals surface area (Å²) in [5.41, 5.74) is 4.78. The summed E-state index contributed by atoms with van der Waals surface area (Å²) in [6, 6.07) is 19.4. The average Bonchev–Trinajstić information content (AvgIpc) is 3.12. The van der Waals surface area contributed by atoms with Gasteiger partial charge < -0.3 is 20.5 Å². The maximum atomic E-state index is 12.5. The summed E-state index contributed by atoms with van der Waals surface area (Å²) < 4.78 is 5.99. The Bertz CT molecular complexity index is 1200. The molecule has 1 aliphatic rings. The molecule has 0 saturated carbocycles. The average molecular weight is 509 g/mol. The van der Waals surface area contributed by atoms with Crippen LogP contribution in [0.15, 0.2) is 71.2 Å². The summed E-state index contributed by atoms with van der Waals surface area (Å²) in [7, 11) is 0. The predicted molar refractivity (Wildman–Crippen MR) is 127 cm³/mol. The number of ether oxygens (including phenoxy) is 1. The van der Waals surface area contributed by atoms with Crippen LogP contribution in [0.3, 0.4) is 0 Å². The van der Waals surface area contributed by atoms with Gasteiger partial charge in [0.15, 0.2) is 0 Å². The standard InChI is InChI=1S/C25H21BrN2O5/c1-14(23(29)28-22-12-15(24(30)31)10-11-21(22)26)27-25(32)33-13-20-18-8-4-2-6-16(18)17-7-3-5-9-19(17)20/h2-12,14,20H,13H2,1H3,(H,27,32)(H,28,29)(H,30,31)/t14-/m0/s1. The molecule has 3 N–H and O–H groups in total. The molecule has 168 valence electrons. The maximum Gasteiger partial charge on any atom is 0.407 e. The monoisotopic (exact) mass is 508 g/mol. The van der Waals surface area contributed by atoms with Crippen LogP contribution in [0, 0.1) is 0 Å². The van der Waals surface area contributed by atoms with Crippen LogP contribution in [-0.2, 0) is 9.53 Å². The number of amides is 2. The van der Waals surface area contributed by atoms with Crippen molar-refractivity contribution >= 4 is 39.6 Å². The highest BCUT2D eigenvalue weighted by molar-refractivity contribution is 9.10. The van der Waals surface area contributed by atoms with Gasteiger partial charge in [-0.2, -0.15) is 0 Å². The molecule has 0 aliphatic heterocycles. The van der Waals surface area contributed by atoms with Crippen LogP contribution in [-0.4, -0.2) is 35.7 Å². The first-order chi connectivity index (χ1) is 15.8.